The number of hydrogen-bond donors (Lipinski definition) is 0. The minimum absolute atomic E-state index is 0.149. The molecule has 1 aliphatic heterocycles. The molecule has 1 aliphatic rings. The van der Waals surface area contributed by atoms with Crippen LogP contribution in [0.3, 0.4) is 0 Å². The molecular formula is C21H16N4O2S. The van der Waals surface area contributed by atoms with Crippen LogP contribution >= 0.6 is 11.3 Å². The number of anilines is 1. The number of carbonyl (C=O) groups is 1. The SMILES string of the molecule is CCN1C(=O)C(=c2sc3nc(-c4ccccc4C)nn3c2=O)c2ccccc21. The third-order valence-electron chi connectivity index (χ3n) is 5.01. The maximum Gasteiger partial charge on any atom is 0.291 e. The van der Waals surface area contributed by atoms with E-state index in [-0.39, 0.29) is 11.5 Å². The van der Waals surface area contributed by atoms with Gasteiger partial charge in [-0.3, -0.25) is 9.59 Å². The lowest BCUT2D eigenvalue weighted by atomic mass is 10.1. The first kappa shape index (κ1) is 16.8. The zero-order valence-electron chi connectivity index (χ0n) is 15.3. The molecule has 3 heterocycles. The standard InChI is InChI=1S/C21H16N4O2S/c1-3-24-15-11-7-6-10-14(15)16(19(24)26)17-20(27)25-21(28-17)22-18(23-25)13-9-5-4-8-12(13)2/h4-11H,3H2,1-2H3. The fourth-order valence-electron chi connectivity index (χ4n) is 3.64. The summed E-state index contributed by atoms with van der Waals surface area (Å²) >= 11 is 1.21. The van der Waals surface area contributed by atoms with Crippen molar-refractivity contribution in [3.8, 4) is 11.4 Å². The van der Waals surface area contributed by atoms with Crippen molar-refractivity contribution in [1.82, 2.24) is 14.6 Å². The third kappa shape index (κ3) is 2.26. The lowest BCUT2D eigenvalue weighted by molar-refractivity contribution is -0.113. The van der Waals surface area contributed by atoms with Crippen molar-refractivity contribution in [2.24, 2.45) is 0 Å². The monoisotopic (exact) mass is 388 g/mol. The fourth-order valence-corrected chi connectivity index (χ4v) is 4.63. The van der Waals surface area contributed by atoms with E-state index >= 15 is 0 Å². The van der Waals surface area contributed by atoms with Crippen molar-refractivity contribution in [3.63, 3.8) is 0 Å². The smallest absolute Gasteiger partial charge is 0.291 e. The largest absolute Gasteiger partial charge is 0.308 e. The van der Waals surface area contributed by atoms with Crippen LogP contribution in [-0.2, 0) is 4.79 Å². The second kappa shape index (κ2) is 6.10. The quantitative estimate of drug-likeness (QED) is 0.529. The highest BCUT2D eigenvalue weighted by Gasteiger charge is 2.33. The summed E-state index contributed by atoms with van der Waals surface area (Å²) in [6, 6.07) is 15.4. The number of benzene rings is 2. The van der Waals surface area contributed by atoms with Crippen molar-refractivity contribution >= 4 is 33.5 Å². The van der Waals surface area contributed by atoms with Crippen LogP contribution in [0.1, 0.15) is 18.1 Å². The number of rotatable bonds is 2. The normalized spacial score (nSPS) is 15.5. The Labute approximate surface area is 164 Å². The van der Waals surface area contributed by atoms with Crippen LogP contribution in [0.25, 0.3) is 21.9 Å². The van der Waals surface area contributed by atoms with Gasteiger partial charge in [0.2, 0.25) is 4.96 Å². The highest BCUT2D eigenvalue weighted by molar-refractivity contribution is 7.15. The minimum Gasteiger partial charge on any atom is -0.308 e. The second-order valence-corrected chi connectivity index (χ2v) is 7.60. The predicted molar refractivity (Wildman–Crippen MR) is 110 cm³/mol. The first-order chi connectivity index (χ1) is 13.6. The molecule has 0 aliphatic carbocycles. The summed E-state index contributed by atoms with van der Waals surface area (Å²) in [5.74, 6) is 0.371. The van der Waals surface area contributed by atoms with Crippen molar-refractivity contribution in [3.05, 3.63) is 74.5 Å². The molecule has 2 aromatic heterocycles. The van der Waals surface area contributed by atoms with Gasteiger partial charge in [0.25, 0.3) is 11.5 Å². The molecule has 0 bridgehead atoms. The van der Waals surface area contributed by atoms with Crippen LogP contribution in [0.4, 0.5) is 5.69 Å². The molecule has 5 rings (SSSR count). The molecule has 0 radical (unpaired) electrons. The summed E-state index contributed by atoms with van der Waals surface area (Å²) in [4.78, 5) is 32.8. The van der Waals surface area contributed by atoms with E-state index in [0.717, 1.165) is 22.4 Å². The maximum atomic E-state index is 13.1. The van der Waals surface area contributed by atoms with E-state index in [2.05, 4.69) is 10.1 Å². The van der Waals surface area contributed by atoms with Crippen molar-refractivity contribution in [2.75, 3.05) is 11.4 Å². The first-order valence-corrected chi connectivity index (χ1v) is 9.83. The molecule has 138 valence electrons. The number of aryl methyl sites for hydroxylation is 1. The van der Waals surface area contributed by atoms with E-state index in [4.69, 9.17) is 0 Å². The molecule has 0 saturated heterocycles. The number of para-hydroxylation sites is 1. The van der Waals surface area contributed by atoms with Crippen LogP contribution in [0.15, 0.2) is 53.3 Å². The van der Waals surface area contributed by atoms with Gasteiger partial charge in [-0.25, -0.2) is 0 Å². The Morgan fingerprint density at radius 2 is 1.71 bits per heavy atom. The second-order valence-electron chi connectivity index (χ2n) is 6.62. The van der Waals surface area contributed by atoms with Gasteiger partial charge in [0.1, 0.15) is 4.53 Å². The average molecular weight is 388 g/mol. The van der Waals surface area contributed by atoms with Gasteiger partial charge in [0.05, 0.1) is 11.3 Å². The Morgan fingerprint density at radius 1 is 1.00 bits per heavy atom. The number of thiazole rings is 1. The highest BCUT2D eigenvalue weighted by atomic mass is 32.1. The summed E-state index contributed by atoms with van der Waals surface area (Å²) in [6.45, 7) is 4.45. The molecule has 2 aromatic carbocycles. The van der Waals surface area contributed by atoms with E-state index < -0.39 is 0 Å². The van der Waals surface area contributed by atoms with E-state index in [9.17, 15) is 9.59 Å². The van der Waals surface area contributed by atoms with Gasteiger partial charge in [0.15, 0.2) is 5.82 Å². The van der Waals surface area contributed by atoms with Crippen LogP contribution in [0.5, 0.6) is 0 Å². The number of fused-ring (bicyclic) bond motifs is 2. The number of carbonyl (C=O) groups excluding carboxylic acids is 1. The van der Waals surface area contributed by atoms with Gasteiger partial charge in [-0.2, -0.15) is 9.50 Å². The summed E-state index contributed by atoms with van der Waals surface area (Å²) in [7, 11) is 0. The molecule has 0 atom stereocenters. The Bertz CT molecular complexity index is 1370. The molecule has 7 heteroatoms. The molecule has 0 unspecified atom stereocenters. The van der Waals surface area contributed by atoms with Crippen molar-refractivity contribution in [2.45, 2.75) is 13.8 Å². The Morgan fingerprint density at radius 3 is 2.43 bits per heavy atom. The fraction of sp³-hybridized carbons (Fsp3) is 0.143. The van der Waals surface area contributed by atoms with E-state index in [1.807, 2.05) is 62.4 Å². The Hall–Kier alpha value is -3.32. The molecule has 0 spiro atoms. The molecule has 4 aromatic rings. The number of nitrogens with zero attached hydrogens (tertiary/aromatic N) is 4. The van der Waals surface area contributed by atoms with Crippen LogP contribution < -0.4 is 15.0 Å². The number of hydrogen-bond acceptors (Lipinski definition) is 5. The lowest BCUT2D eigenvalue weighted by Crippen LogP contribution is -2.32. The highest BCUT2D eigenvalue weighted by Crippen LogP contribution is 2.34. The van der Waals surface area contributed by atoms with E-state index in [0.29, 0.717) is 27.4 Å². The molecule has 0 N–H and O–H groups in total. The molecule has 0 fully saturated rings. The van der Waals surface area contributed by atoms with Crippen molar-refractivity contribution in [1.29, 1.82) is 0 Å². The van der Waals surface area contributed by atoms with Gasteiger partial charge < -0.3 is 4.90 Å². The van der Waals surface area contributed by atoms with Crippen molar-refractivity contribution < 1.29 is 4.79 Å². The van der Waals surface area contributed by atoms with Gasteiger partial charge >= 0.3 is 0 Å². The Balaban J connectivity index is 1.76. The molecule has 28 heavy (non-hydrogen) atoms. The van der Waals surface area contributed by atoms with Crippen LogP contribution in [0.2, 0.25) is 0 Å². The number of amides is 1. The molecule has 6 nitrogen and oxygen atoms in total. The predicted octanol–water partition coefficient (Wildman–Crippen LogP) is 2.41. The third-order valence-corrected chi connectivity index (χ3v) is 6.04. The van der Waals surface area contributed by atoms with Crippen LogP contribution in [0, 0.1) is 6.92 Å². The summed E-state index contributed by atoms with van der Waals surface area (Å²) in [5.41, 5.74) is 3.70. The lowest BCUT2D eigenvalue weighted by Gasteiger charge is -2.13. The molecular weight excluding hydrogens is 372 g/mol. The summed E-state index contributed by atoms with van der Waals surface area (Å²) in [5, 5.41) is 4.42. The summed E-state index contributed by atoms with van der Waals surface area (Å²) in [6.07, 6.45) is 0. The average Bonchev–Trinajstić information content (AvgIpc) is 3.32. The summed E-state index contributed by atoms with van der Waals surface area (Å²) < 4.78 is 1.69. The van der Waals surface area contributed by atoms with Crippen LogP contribution in [-0.4, -0.2) is 27.0 Å². The molecule has 0 saturated carbocycles. The van der Waals surface area contributed by atoms with E-state index in [1.165, 1.54) is 15.9 Å². The molecule has 1 amide bonds. The maximum absolute atomic E-state index is 13.1. The topological polar surface area (TPSA) is 67.6 Å². The zero-order chi connectivity index (χ0) is 19.4. The van der Waals surface area contributed by atoms with Gasteiger partial charge in [-0.05, 0) is 25.5 Å². The number of likely N-dealkylation sites (N-methyl/N-ethyl adjacent to an activating group) is 1. The number of aromatic nitrogens is 3. The Kier molecular flexibility index (Phi) is 3.67. The van der Waals surface area contributed by atoms with E-state index in [1.54, 1.807) is 4.90 Å². The first-order valence-electron chi connectivity index (χ1n) is 9.01. The van der Waals surface area contributed by atoms with Gasteiger partial charge in [-0.15, -0.1) is 5.10 Å². The van der Waals surface area contributed by atoms with Gasteiger partial charge in [-0.1, -0.05) is 53.8 Å². The van der Waals surface area contributed by atoms with Gasteiger partial charge in [0, 0.05) is 17.7 Å². The zero-order valence-corrected chi connectivity index (χ0v) is 16.2. The minimum atomic E-state index is -0.302.